The Morgan fingerprint density at radius 1 is 1.24 bits per heavy atom. The molecule has 182 valence electrons. The van der Waals surface area contributed by atoms with E-state index in [9.17, 15) is 25.1 Å². The van der Waals surface area contributed by atoms with Gasteiger partial charge in [0.15, 0.2) is 0 Å². The predicted octanol–water partition coefficient (Wildman–Crippen LogP) is 3.36. The molecule has 0 spiro atoms. The number of β-amino-alcohol motifs (C(OH)–C–C–N with tert-alkyl or cyclic N) is 1. The van der Waals surface area contributed by atoms with Crippen LogP contribution in [-0.2, 0) is 11.2 Å². The maximum Gasteiger partial charge on any atom is 0.410 e. The lowest BCUT2D eigenvalue weighted by Crippen LogP contribution is -2.39. The molecule has 0 aliphatic carbocycles. The predicted molar refractivity (Wildman–Crippen MR) is 125 cm³/mol. The monoisotopic (exact) mass is 491 g/mol. The highest BCUT2D eigenvalue weighted by atomic mass is 35.5. The first-order valence-corrected chi connectivity index (χ1v) is 11.1. The molecule has 0 unspecified atom stereocenters. The molecule has 12 heteroatoms. The molecule has 0 saturated carbocycles. The molecule has 1 saturated heterocycles. The number of azo groups is 1. The highest BCUT2D eigenvalue weighted by Gasteiger charge is 2.34. The first-order chi connectivity index (χ1) is 16.4. The van der Waals surface area contributed by atoms with Crippen molar-refractivity contribution >= 4 is 34.8 Å². The molecular formula is C22H26ClN5O6. The first-order valence-electron chi connectivity index (χ1n) is 10.7. The Kier molecular flexibility index (Phi) is 9.28. The van der Waals surface area contributed by atoms with Crippen molar-refractivity contribution in [1.82, 2.24) is 10.2 Å². The number of rotatable bonds is 10. The average molecular weight is 492 g/mol. The summed E-state index contributed by atoms with van der Waals surface area (Å²) in [5.41, 5.74) is 1.93. The number of aliphatic hydroxyl groups excluding tert-OH is 2. The molecule has 11 nitrogen and oxygen atoms in total. The molecular weight excluding hydrogens is 466 g/mol. The van der Waals surface area contributed by atoms with Gasteiger partial charge < -0.3 is 25.2 Å². The van der Waals surface area contributed by atoms with Crippen LogP contribution in [0.15, 0.2) is 52.7 Å². The number of benzene rings is 2. The Morgan fingerprint density at radius 3 is 2.68 bits per heavy atom. The fourth-order valence-electron chi connectivity index (χ4n) is 3.47. The topological polar surface area (TPSA) is 150 Å². The third kappa shape index (κ3) is 7.19. The lowest BCUT2D eigenvalue weighted by atomic mass is 10.1. The SMILES string of the molecule is O=C(OCCNCCc1ccc(N=Nc2ccc([N+](=O)[O-])cc2Cl)cc1)N1C[C@H](O)C[C@H]1CO. The Hall–Kier alpha value is -3.12. The summed E-state index contributed by atoms with van der Waals surface area (Å²) in [6.07, 6.45) is -0.0489. The second-order valence-electron chi connectivity index (χ2n) is 7.75. The second-order valence-corrected chi connectivity index (χ2v) is 8.16. The van der Waals surface area contributed by atoms with E-state index >= 15 is 0 Å². The fourth-order valence-corrected chi connectivity index (χ4v) is 3.68. The van der Waals surface area contributed by atoms with Crippen LogP contribution in [0.1, 0.15) is 12.0 Å². The van der Waals surface area contributed by atoms with Crippen LogP contribution in [0.2, 0.25) is 5.02 Å². The molecule has 1 heterocycles. The molecule has 0 aromatic heterocycles. The van der Waals surface area contributed by atoms with Gasteiger partial charge in [-0.05, 0) is 43.1 Å². The van der Waals surface area contributed by atoms with E-state index in [1.54, 1.807) is 0 Å². The summed E-state index contributed by atoms with van der Waals surface area (Å²) in [5.74, 6) is 0. The third-order valence-electron chi connectivity index (χ3n) is 5.28. The number of halogens is 1. The highest BCUT2D eigenvalue weighted by molar-refractivity contribution is 6.33. The number of nitro benzene ring substituents is 1. The first kappa shape index (κ1) is 25.5. The second kappa shape index (κ2) is 12.4. The summed E-state index contributed by atoms with van der Waals surface area (Å²) >= 11 is 6.01. The number of nitrogens with one attached hydrogen (secondary N) is 1. The van der Waals surface area contributed by atoms with E-state index in [4.69, 9.17) is 16.3 Å². The zero-order valence-electron chi connectivity index (χ0n) is 18.3. The van der Waals surface area contributed by atoms with E-state index in [1.165, 1.54) is 23.1 Å². The zero-order valence-corrected chi connectivity index (χ0v) is 19.1. The molecule has 2 atom stereocenters. The van der Waals surface area contributed by atoms with Crippen molar-refractivity contribution in [3.05, 3.63) is 63.2 Å². The van der Waals surface area contributed by atoms with E-state index < -0.39 is 23.2 Å². The van der Waals surface area contributed by atoms with Crippen molar-refractivity contribution in [2.24, 2.45) is 10.2 Å². The van der Waals surface area contributed by atoms with Gasteiger partial charge >= 0.3 is 6.09 Å². The molecule has 2 aromatic rings. The largest absolute Gasteiger partial charge is 0.448 e. The minimum atomic E-state index is -0.629. The van der Waals surface area contributed by atoms with Crippen LogP contribution >= 0.6 is 11.6 Å². The van der Waals surface area contributed by atoms with Crippen molar-refractivity contribution in [3.63, 3.8) is 0 Å². The third-order valence-corrected chi connectivity index (χ3v) is 5.59. The molecule has 34 heavy (non-hydrogen) atoms. The summed E-state index contributed by atoms with van der Waals surface area (Å²) in [4.78, 5) is 23.6. The molecule has 3 N–H and O–H groups in total. The van der Waals surface area contributed by atoms with Crippen LogP contribution in [0, 0.1) is 10.1 Å². The number of likely N-dealkylation sites (tertiary alicyclic amines) is 1. The number of amides is 1. The highest BCUT2D eigenvalue weighted by Crippen LogP contribution is 2.30. The van der Waals surface area contributed by atoms with Crippen LogP contribution in [0.4, 0.5) is 21.9 Å². The summed E-state index contributed by atoms with van der Waals surface area (Å²) in [6, 6.07) is 11.0. The minimum absolute atomic E-state index is 0.109. The fraction of sp³-hybridized carbons (Fsp3) is 0.409. The number of ether oxygens (including phenoxy) is 1. The maximum atomic E-state index is 12.1. The number of hydrogen-bond acceptors (Lipinski definition) is 9. The van der Waals surface area contributed by atoms with Gasteiger partial charge in [0, 0.05) is 18.7 Å². The van der Waals surface area contributed by atoms with Crippen molar-refractivity contribution in [2.75, 3.05) is 32.8 Å². The molecule has 1 aliphatic heterocycles. The molecule has 1 aliphatic rings. The van der Waals surface area contributed by atoms with E-state index in [2.05, 4.69) is 15.5 Å². The number of carbonyl (C=O) groups excluding carboxylic acids is 1. The summed E-state index contributed by atoms with van der Waals surface area (Å²) in [6.45, 7) is 1.32. The van der Waals surface area contributed by atoms with Crippen LogP contribution < -0.4 is 5.32 Å². The van der Waals surface area contributed by atoms with Gasteiger partial charge in [0.2, 0.25) is 0 Å². The Morgan fingerprint density at radius 2 is 2.00 bits per heavy atom. The average Bonchev–Trinajstić information content (AvgIpc) is 3.22. The van der Waals surface area contributed by atoms with Crippen LogP contribution in [-0.4, -0.2) is 71.1 Å². The van der Waals surface area contributed by atoms with Crippen molar-refractivity contribution in [1.29, 1.82) is 0 Å². The normalized spacial score (nSPS) is 17.9. The molecule has 3 rings (SSSR count). The van der Waals surface area contributed by atoms with Crippen molar-refractivity contribution < 1.29 is 24.7 Å². The molecule has 2 aromatic carbocycles. The van der Waals surface area contributed by atoms with Gasteiger partial charge in [0.1, 0.15) is 12.3 Å². The van der Waals surface area contributed by atoms with E-state index in [0.29, 0.717) is 30.9 Å². The Balaban J connectivity index is 1.36. The number of carbonyl (C=O) groups is 1. The van der Waals surface area contributed by atoms with E-state index in [1.807, 2.05) is 24.3 Å². The molecule has 0 radical (unpaired) electrons. The van der Waals surface area contributed by atoms with Gasteiger partial charge in [-0.1, -0.05) is 23.7 Å². The van der Waals surface area contributed by atoms with E-state index in [-0.39, 0.29) is 30.5 Å². The quantitative estimate of drug-likeness (QED) is 0.199. The van der Waals surface area contributed by atoms with Crippen molar-refractivity contribution in [3.8, 4) is 0 Å². The van der Waals surface area contributed by atoms with Gasteiger partial charge in [-0.3, -0.25) is 10.1 Å². The zero-order chi connectivity index (χ0) is 24.5. The van der Waals surface area contributed by atoms with Crippen LogP contribution in [0.5, 0.6) is 0 Å². The van der Waals surface area contributed by atoms with Gasteiger partial charge in [-0.25, -0.2) is 4.79 Å². The molecule has 1 fully saturated rings. The molecule has 0 bridgehead atoms. The number of nitrogens with zero attached hydrogens (tertiary/aromatic N) is 4. The van der Waals surface area contributed by atoms with Gasteiger partial charge in [-0.15, -0.1) is 5.11 Å². The van der Waals surface area contributed by atoms with Gasteiger partial charge in [0.05, 0.1) is 40.9 Å². The number of aliphatic hydroxyl groups is 2. The summed E-state index contributed by atoms with van der Waals surface area (Å²) in [5, 5.41) is 41.2. The van der Waals surface area contributed by atoms with Crippen LogP contribution in [0.3, 0.4) is 0 Å². The smallest absolute Gasteiger partial charge is 0.410 e. The molecule has 1 amide bonds. The Bertz CT molecular complexity index is 1020. The number of non-ortho nitro benzene ring substituents is 1. The van der Waals surface area contributed by atoms with Gasteiger partial charge in [-0.2, -0.15) is 5.11 Å². The summed E-state index contributed by atoms with van der Waals surface area (Å²) in [7, 11) is 0. The van der Waals surface area contributed by atoms with Crippen molar-refractivity contribution in [2.45, 2.75) is 25.0 Å². The lowest BCUT2D eigenvalue weighted by Gasteiger charge is -2.21. The number of nitro groups is 1. The maximum absolute atomic E-state index is 12.1. The standard InChI is InChI=1S/C22H26ClN5O6/c23-20-12-17(28(32)33)5-6-21(20)26-25-16-3-1-15(2-4-16)7-8-24-9-10-34-22(31)27-13-19(30)11-18(27)14-29/h1-6,12,18-19,24,29-30H,7-11,13-14H2/t18-,19+/m0/s1. The summed E-state index contributed by atoms with van der Waals surface area (Å²) < 4.78 is 5.20. The lowest BCUT2D eigenvalue weighted by molar-refractivity contribution is -0.384. The van der Waals surface area contributed by atoms with E-state index in [0.717, 1.165) is 12.0 Å². The minimum Gasteiger partial charge on any atom is -0.448 e. The van der Waals surface area contributed by atoms with Crippen LogP contribution in [0.25, 0.3) is 0 Å². The van der Waals surface area contributed by atoms with Gasteiger partial charge in [0.25, 0.3) is 5.69 Å². The number of hydrogen-bond donors (Lipinski definition) is 3. The Labute approximate surface area is 201 Å².